The van der Waals surface area contributed by atoms with Crippen LogP contribution >= 0.6 is 27.3 Å². The predicted octanol–water partition coefficient (Wildman–Crippen LogP) is 4.35. The van der Waals surface area contributed by atoms with Crippen LogP contribution in [-0.4, -0.2) is 6.04 Å². The Hall–Kier alpha value is 0.140. The van der Waals surface area contributed by atoms with Crippen molar-refractivity contribution >= 4 is 27.3 Å². The van der Waals surface area contributed by atoms with Crippen molar-refractivity contribution in [3.05, 3.63) is 20.8 Å². The van der Waals surface area contributed by atoms with E-state index in [-0.39, 0.29) is 0 Å². The van der Waals surface area contributed by atoms with E-state index < -0.39 is 0 Å². The fraction of sp³-hybridized carbons (Fsp3) is 0.692. The third-order valence-corrected chi connectivity index (χ3v) is 5.53. The molecule has 0 amide bonds. The summed E-state index contributed by atoms with van der Waals surface area (Å²) in [6.45, 7) is 2.30. The maximum atomic E-state index is 3.86. The van der Waals surface area contributed by atoms with Gasteiger partial charge in [-0.1, -0.05) is 0 Å². The first kappa shape index (κ1) is 11.2. The van der Waals surface area contributed by atoms with Crippen LogP contribution in [0.2, 0.25) is 0 Å². The normalized spacial score (nSPS) is 22.7. The minimum absolute atomic E-state index is 0.516. The van der Waals surface area contributed by atoms with Crippen molar-refractivity contribution in [1.29, 1.82) is 0 Å². The molecule has 1 aromatic heterocycles. The zero-order chi connectivity index (χ0) is 11.1. The predicted molar refractivity (Wildman–Crippen MR) is 72.8 cm³/mol. The van der Waals surface area contributed by atoms with Crippen LogP contribution in [0.5, 0.6) is 0 Å². The summed E-state index contributed by atoms with van der Waals surface area (Å²) in [5, 5.41) is 3.86. The lowest BCUT2D eigenvalue weighted by atomic mass is 10.1. The Bertz CT molecular complexity index is 356. The topological polar surface area (TPSA) is 12.0 Å². The van der Waals surface area contributed by atoms with Crippen LogP contribution in [0.1, 0.15) is 43.5 Å². The van der Waals surface area contributed by atoms with E-state index in [4.69, 9.17) is 0 Å². The lowest BCUT2D eigenvalue weighted by Gasteiger charge is -2.22. The Morgan fingerprint density at radius 1 is 1.25 bits per heavy atom. The van der Waals surface area contributed by atoms with Gasteiger partial charge in [-0.05, 0) is 72.5 Å². The van der Waals surface area contributed by atoms with Crippen LogP contribution < -0.4 is 5.32 Å². The smallest absolute Gasteiger partial charge is 0.0701 e. The minimum atomic E-state index is 0.516. The molecule has 1 N–H and O–H groups in total. The quantitative estimate of drug-likeness (QED) is 0.852. The molecule has 1 nitrogen and oxygen atoms in total. The molecule has 3 heteroatoms. The molecule has 0 aromatic carbocycles. The minimum Gasteiger partial charge on any atom is -0.306 e. The van der Waals surface area contributed by atoms with Crippen LogP contribution in [-0.2, 0) is 0 Å². The molecule has 0 bridgehead atoms. The van der Waals surface area contributed by atoms with Crippen LogP contribution in [0, 0.1) is 11.8 Å². The standard InChI is InChI=1S/C13H18BrNS/c1-8(11-6-7-12(14)16-11)15-13(9-2-3-9)10-4-5-10/h6-10,13,15H,2-5H2,1H3. The number of thiophene rings is 1. The van der Waals surface area contributed by atoms with E-state index in [1.54, 1.807) is 0 Å². The monoisotopic (exact) mass is 299 g/mol. The Kier molecular flexibility index (Phi) is 3.11. The van der Waals surface area contributed by atoms with E-state index in [2.05, 4.69) is 40.3 Å². The van der Waals surface area contributed by atoms with Gasteiger partial charge < -0.3 is 5.32 Å². The fourth-order valence-corrected chi connectivity index (χ4v) is 3.93. The molecule has 1 atom stereocenters. The SMILES string of the molecule is CC(NC(C1CC1)C1CC1)c1ccc(Br)s1. The van der Waals surface area contributed by atoms with Gasteiger partial charge in [-0.15, -0.1) is 11.3 Å². The van der Waals surface area contributed by atoms with Crippen molar-refractivity contribution < 1.29 is 0 Å². The van der Waals surface area contributed by atoms with Crippen molar-refractivity contribution in [2.45, 2.75) is 44.7 Å². The highest BCUT2D eigenvalue weighted by Crippen LogP contribution is 2.45. The van der Waals surface area contributed by atoms with Crippen molar-refractivity contribution in [2.24, 2.45) is 11.8 Å². The molecule has 2 aliphatic rings. The molecule has 0 radical (unpaired) electrons. The highest BCUT2D eigenvalue weighted by Gasteiger charge is 2.41. The van der Waals surface area contributed by atoms with E-state index in [0.717, 1.165) is 17.9 Å². The Labute approximate surface area is 110 Å². The van der Waals surface area contributed by atoms with E-state index in [0.29, 0.717) is 6.04 Å². The maximum absolute atomic E-state index is 3.86. The van der Waals surface area contributed by atoms with Crippen LogP contribution in [0.3, 0.4) is 0 Å². The van der Waals surface area contributed by atoms with Crippen LogP contribution in [0.4, 0.5) is 0 Å². The summed E-state index contributed by atoms with van der Waals surface area (Å²) in [5.74, 6) is 1.97. The molecule has 2 fully saturated rings. The molecule has 1 aromatic rings. The first-order valence-corrected chi connectivity index (χ1v) is 7.86. The Morgan fingerprint density at radius 2 is 1.88 bits per heavy atom. The van der Waals surface area contributed by atoms with Gasteiger partial charge in [-0.3, -0.25) is 0 Å². The van der Waals surface area contributed by atoms with Crippen molar-refractivity contribution in [3.8, 4) is 0 Å². The summed E-state index contributed by atoms with van der Waals surface area (Å²) in [6.07, 6.45) is 5.81. The highest BCUT2D eigenvalue weighted by atomic mass is 79.9. The molecule has 0 spiro atoms. The molecule has 3 rings (SSSR count). The lowest BCUT2D eigenvalue weighted by molar-refractivity contribution is 0.380. The first-order chi connectivity index (χ1) is 7.74. The Balaban J connectivity index is 1.63. The van der Waals surface area contributed by atoms with Gasteiger partial charge in [0.25, 0.3) is 0 Å². The number of halogens is 1. The Morgan fingerprint density at radius 3 is 2.31 bits per heavy atom. The van der Waals surface area contributed by atoms with Gasteiger partial charge in [0, 0.05) is 17.0 Å². The molecule has 1 heterocycles. The first-order valence-electron chi connectivity index (χ1n) is 6.25. The van der Waals surface area contributed by atoms with Gasteiger partial charge in [0.1, 0.15) is 0 Å². The third-order valence-electron chi connectivity index (χ3n) is 3.72. The molecule has 1 unspecified atom stereocenters. The van der Waals surface area contributed by atoms with Crippen molar-refractivity contribution in [1.82, 2.24) is 5.32 Å². The van der Waals surface area contributed by atoms with E-state index in [1.807, 2.05) is 11.3 Å². The zero-order valence-electron chi connectivity index (χ0n) is 9.58. The van der Waals surface area contributed by atoms with Crippen LogP contribution in [0.25, 0.3) is 0 Å². The van der Waals surface area contributed by atoms with Gasteiger partial charge in [-0.2, -0.15) is 0 Å². The van der Waals surface area contributed by atoms with Crippen molar-refractivity contribution in [3.63, 3.8) is 0 Å². The molecule has 2 saturated carbocycles. The molecular formula is C13H18BrNS. The van der Waals surface area contributed by atoms with E-state index >= 15 is 0 Å². The summed E-state index contributed by atoms with van der Waals surface area (Å²) < 4.78 is 1.24. The van der Waals surface area contributed by atoms with E-state index in [1.165, 1.54) is 34.3 Å². The van der Waals surface area contributed by atoms with Gasteiger partial charge >= 0.3 is 0 Å². The van der Waals surface area contributed by atoms with Crippen LogP contribution in [0.15, 0.2) is 15.9 Å². The molecule has 2 aliphatic carbocycles. The average molecular weight is 300 g/mol. The summed E-state index contributed by atoms with van der Waals surface area (Å²) >= 11 is 5.40. The number of nitrogens with one attached hydrogen (secondary N) is 1. The van der Waals surface area contributed by atoms with Gasteiger partial charge in [0.05, 0.1) is 3.79 Å². The second-order valence-electron chi connectivity index (χ2n) is 5.23. The molecule has 88 valence electrons. The number of rotatable bonds is 5. The second kappa shape index (κ2) is 4.43. The van der Waals surface area contributed by atoms with Gasteiger partial charge in [0.15, 0.2) is 0 Å². The maximum Gasteiger partial charge on any atom is 0.0701 e. The summed E-state index contributed by atoms with van der Waals surface area (Å²) in [4.78, 5) is 1.46. The highest BCUT2D eigenvalue weighted by molar-refractivity contribution is 9.11. The molecular weight excluding hydrogens is 282 g/mol. The molecule has 16 heavy (non-hydrogen) atoms. The summed E-state index contributed by atoms with van der Waals surface area (Å²) in [5.41, 5.74) is 0. The summed E-state index contributed by atoms with van der Waals surface area (Å²) in [7, 11) is 0. The van der Waals surface area contributed by atoms with Crippen molar-refractivity contribution in [2.75, 3.05) is 0 Å². The fourth-order valence-electron chi connectivity index (χ4n) is 2.50. The number of hydrogen-bond donors (Lipinski definition) is 1. The molecule has 0 saturated heterocycles. The zero-order valence-corrected chi connectivity index (χ0v) is 12.0. The van der Waals surface area contributed by atoms with Gasteiger partial charge in [-0.25, -0.2) is 0 Å². The van der Waals surface area contributed by atoms with Gasteiger partial charge in [0.2, 0.25) is 0 Å². The molecule has 0 aliphatic heterocycles. The van der Waals surface area contributed by atoms with E-state index in [9.17, 15) is 0 Å². The average Bonchev–Trinajstić information content (AvgIpc) is 3.14. The second-order valence-corrected chi connectivity index (χ2v) is 7.73. The largest absolute Gasteiger partial charge is 0.306 e. The number of hydrogen-bond acceptors (Lipinski definition) is 2. The summed E-state index contributed by atoms with van der Waals surface area (Å²) in [6, 6.07) is 5.71. The lowest BCUT2D eigenvalue weighted by Crippen LogP contribution is -2.34. The third kappa shape index (κ3) is 2.52.